The lowest BCUT2D eigenvalue weighted by Gasteiger charge is -2.31. The van der Waals surface area contributed by atoms with Crippen molar-refractivity contribution >= 4 is 27.6 Å². The zero-order valence-electron chi connectivity index (χ0n) is 19.0. The Kier molecular flexibility index (Phi) is 8.06. The van der Waals surface area contributed by atoms with E-state index in [9.17, 15) is 28.1 Å². The lowest BCUT2D eigenvalue weighted by Crippen LogP contribution is -2.44. The Hall–Kier alpha value is -2.53. The summed E-state index contributed by atoms with van der Waals surface area (Å²) in [5.41, 5.74) is 0.123. The number of nitrogens with one attached hydrogen (secondary N) is 1. The zero-order valence-corrected chi connectivity index (χ0v) is 19.8. The van der Waals surface area contributed by atoms with Gasteiger partial charge in [-0.2, -0.15) is 4.31 Å². The van der Waals surface area contributed by atoms with Crippen molar-refractivity contribution in [1.82, 2.24) is 9.62 Å². The third-order valence-corrected chi connectivity index (χ3v) is 8.44. The molecule has 33 heavy (non-hydrogen) atoms. The number of amides is 1. The number of carbonyl (C=O) groups is 2. The van der Waals surface area contributed by atoms with E-state index in [1.165, 1.54) is 22.9 Å². The van der Waals surface area contributed by atoms with Crippen molar-refractivity contribution in [2.75, 3.05) is 13.1 Å². The molecule has 1 atom stereocenters. The van der Waals surface area contributed by atoms with E-state index in [4.69, 9.17) is 4.74 Å². The number of non-ortho nitro benzene ring substituents is 1. The number of aryl methyl sites for hydroxylation is 1. The zero-order chi connectivity index (χ0) is 24.2. The Morgan fingerprint density at radius 3 is 2.39 bits per heavy atom. The quantitative estimate of drug-likeness (QED) is 0.359. The van der Waals surface area contributed by atoms with Crippen LogP contribution in [0.2, 0.25) is 0 Å². The molecule has 1 aromatic rings. The molecule has 0 radical (unpaired) electrons. The summed E-state index contributed by atoms with van der Waals surface area (Å²) in [7, 11) is -3.94. The van der Waals surface area contributed by atoms with Gasteiger partial charge in [0.2, 0.25) is 10.0 Å². The van der Waals surface area contributed by atoms with E-state index in [2.05, 4.69) is 5.32 Å². The highest BCUT2D eigenvalue weighted by atomic mass is 32.2. The van der Waals surface area contributed by atoms with E-state index < -0.39 is 32.9 Å². The smallest absolute Gasteiger partial charge is 0.309 e. The number of esters is 1. The fraction of sp³-hybridized carbons (Fsp3) is 0.636. The normalized spacial score (nSPS) is 19.6. The highest BCUT2D eigenvalue weighted by Crippen LogP contribution is 2.29. The van der Waals surface area contributed by atoms with Gasteiger partial charge in [0, 0.05) is 31.3 Å². The SMILES string of the molecule is Cc1ccc([N+](=O)[O-])cc1S(=O)(=O)N1CCC(C(=O)O[C@@H](C)C(=O)NC2CCCCC2)CC1. The highest BCUT2D eigenvalue weighted by molar-refractivity contribution is 7.89. The minimum Gasteiger partial charge on any atom is -0.452 e. The maximum atomic E-state index is 13.0. The first-order valence-corrected chi connectivity index (χ1v) is 12.8. The summed E-state index contributed by atoms with van der Waals surface area (Å²) in [5, 5.41) is 14.0. The highest BCUT2D eigenvalue weighted by Gasteiger charge is 2.35. The fourth-order valence-corrected chi connectivity index (χ4v) is 6.05. The largest absolute Gasteiger partial charge is 0.452 e. The molecular weight excluding hydrogens is 450 g/mol. The van der Waals surface area contributed by atoms with Crippen LogP contribution in [0, 0.1) is 23.0 Å². The summed E-state index contributed by atoms with van der Waals surface area (Å²) in [6, 6.07) is 3.87. The van der Waals surface area contributed by atoms with Gasteiger partial charge in [0.15, 0.2) is 6.10 Å². The van der Waals surface area contributed by atoms with Crippen LogP contribution >= 0.6 is 0 Å². The van der Waals surface area contributed by atoms with Crippen LogP contribution in [-0.4, -0.2) is 54.8 Å². The van der Waals surface area contributed by atoms with E-state index in [1.54, 1.807) is 13.8 Å². The Bertz CT molecular complexity index is 997. The number of hydrogen-bond acceptors (Lipinski definition) is 7. The number of nitrogens with zero attached hydrogens (tertiary/aromatic N) is 2. The van der Waals surface area contributed by atoms with Crippen LogP contribution in [0.25, 0.3) is 0 Å². The molecule has 0 spiro atoms. The van der Waals surface area contributed by atoms with Crippen LogP contribution in [0.15, 0.2) is 23.1 Å². The predicted molar refractivity (Wildman–Crippen MR) is 120 cm³/mol. The van der Waals surface area contributed by atoms with Crippen molar-refractivity contribution in [1.29, 1.82) is 0 Å². The summed E-state index contributed by atoms with van der Waals surface area (Å²) < 4.78 is 32.7. The van der Waals surface area contributed by atoms with Crippen molar-refractivity contribution in [3.63, 3.8) is 0 Å². The maximum Gasteiger partial charge on any atom is 0.309 e. The maximum absolute atomic E-state index is 13.0. The van der Waals surface area contributed by atoms with Crippen LogP contribution < -0.4 is 5.32 Å². The number of benzene rings is 1. The van der Waals surface area contributed by atoms with Crippen molar-refractivity contribution in [2.24, 2.45) is 5.92 Å². The molecule has 1 saturated heterocycles. The van der Waals surface area contributed by atoms with Gasteiger partial charge in [-0.3, -0.25) is 19.7 Å². The molecule has 10 nitrogen and oxygen atoms in total. The summed E-state index contributed by atoms with van der Waals surface area (Å²) >= 11 is 0. The van der Waals surface area contributed by atoms with Gasteiger partial charge < -0.3 is 10.1 Å². The number of piperidine rings is 1. The molecule has 1 amide bonds. The average Bonchev–Trinajstić information content (AvgIpc) is 2.79. The van der Waals surface area contributed by atoms with E-state index in [-0.39, 0.29) is 48.5 Å². The van der Waals surface area contributed by atoms with Crippen LogP contribution in [0.1, 0.15) is 57.4 Å². The van der Waals surface area contributed by atoms with Crippen molar-refractivity contribution < 1.29 is 27.7 Å². The van der Waals surface area contributed by atoms with Crippen molar-refractivity contribution in [3.05, 3.63) is 33.9 Å². The molecule has 2 fully saturated rings. The molecule has 1 saturated carbocycles. The van der Waals surface area contributed by atoms with Gasteiger partial charge in [-0.05, 0) is 45.1 Å². The molecule has 1 aromatic carbocycles. The lowest BCUT2D eigenvalue weighted by atomic mass is 9.95. The van der Waals surface area contributed by atoms with Gasteiger partial charge in [-0.25, -0.2) is 8.42 Å². The number of nitro benzene ring substituents is 1. The minimum absolute atomic E-state index is 0.0902. The number of hydrogen-bond donors (Lipinski definition) is 1. The molecule has 0 unspecified atom stereocenters. The van der Waals surface area contributed by atoms with Crippen LogP contribution in [-0.2, 0) is 24.3 Å². The third kappa shape index (κ3) is 6.08. The Morgan fingerprint density at radius 1 is 1.15 bits per heavy atom. The number of rotatable bonds is 7. The standard InChI is InChI=1S/C22H31N3O7S/c1-15-8-9-19(25(28)29)14-20(15)33(30,31)24-12-10-17(11-13-24)22(27)32-16(2)21(26)23-18-6-4-3-5-7-18/h8-9,14,16-18H,3-7,10-13H2,1-2H3,(H,23,26)/t16-/m0/s1. The monoisotopic (exact) mass is 481 g/mol. The lowest BCUT2D eigenvalue weighted by molar-refractivity contribution is -0.385. The number of carbonyl (C=O) groups excluding carboxylic acids is 2. The predicted octanol–water partition coefficient (Wildman–Crippen LogP) is 2.68. The van der Waals surface area contributed by atoms with Gasteiger partial charge in [0.1, 0.15) is 0 Å². The van der Waals surface area contributed by atoms with Crippen LogP contribution in [0.4, 0.5) is 5.69 Å². The van der Waals surface area contributed by atoms with Gasteiger partial charge in [-0.15, -0.1) is 0 Å². The summed E-state index contributed by atoms with van der Waals surface area (Å²) in [6.45, 7) is 3.31. The first kappa shape index (κ1) is 25.1. The second kappa shape index (κ2) is 10.6. The van der Waals surface area contributed by atoms with E-state index >= 15 is 0 Å². The topological polar surface area (TPSA) is 136 Å². The molecule has 0 bridgehead atoms. The molecule has 11 heteroatoms. The molecule has 1 aliphatic heterocycles. The summed E-state index contributed by atoms with van der Waals surface area (Å²) in [6.07, 6.45) is 4.80. The first-order valence-electron chi connectivity index (χ1n) is 11.4. The summed E-state index contributed by atoms with van der Waals surface area (Å²) in [5.74, 6) is -1.33. The van der Waals surface area contributed by atoms with Gasteiger partial charge in [0.25, 0.3) is 11.6 Å². The molecule has 1 aliphatic carbocycles. The van der Waals surface area contributed by atoms with E-state index in [1.807, 2.05) is 0 Å². The Morgan fingerprint density at radius 2 is 1.79 bits per heavy atom. The number of sulfonamides is 1. The van der Waals surface area contributed by atoms with Crippen LogP contribution in [0.5, 0.6) is 0 Å². The molecule has 182 valence electrons. The minimum atomic E-state index is -3.94. The summed E-state index contributed by atoms with van der Waals surface area (Å²) in [4.78, 5) is 35.2. The van der Waals surface area contributed by atoms with E-state index in [0.717, 1.165) is 31.7 Å². The van der Waals surface area contributed by atoms with Crippen molar-refractivity contribution in [2.45, 2.75) is 75.8 Å². The average molecular weight is 482 g/mol. The second-order valence-electron chi connectivity index (χ2n) is 8.81. The Labute approximate surface area is 193 Å². The molecule has 1 heterocycles. The molecule has 1 N–H and O–H groups in total. The van der Waals surface area contributed by atoms with Gasteiger partial charge in [0.05, 0.1) is 15.7 Å². The van der Waals surface area contributed by atoms with Gasteiger partial charge >= 0.3 is 5.97 Å². The van der Waals surface area contributed by atoms with Crippen molar-refractivity contribution in [3.8, 4) is 0 Å². The Balaban J connectivity index is 1.55. The van der Waals surface area contributed by atoms with Gasteiger partial charge in [-0.1, -0.05) is 25.3 Å². The molecule has 0 aromatic heterocycles. The third-order valence-electron chi connectivity index (χ3n) is 6.40. The molecular formula is C22H31N3O7S. The van der Waals surface area contributed by atoms with Crippen LogP contribution in [0.3, 0.4) is 0 Å². The number of nitro groups is 1. The first-order chi connectivity index (χ1) is 15.6. The second-order valence-corrected chi connectivity index (χ2v) is 10.7. The molecule has 2 aliphatic rings. The molecule has 3 rings (SSSR count). The van der Waals surface area contributed by atoms with E-state index in [0.29, 0.717) is 5.56 Å². The number of ether oxygens (including phenoxy) is 1. The fourth-order valence-electron chi connectivity index (χ4n) is 4.34.